The number of Topliss-reactive ketones (excluding diaryl/α,β-unsaturated/α-hetero) is 1. The zero-order valence-electron chi connectivity index (χ0n) is 15.9. The summed E-state index contributed by atoms with van der Waals surface area (Å²) in [5.74, 6) is -1.24. The van der Waals surface area contributed by atoms with Crippen LogP contribution in [0.2, 0.25) is 0 Å². The van der Waals surface area contributed by atoms with Gasteiger partial charge in [0.05, 0.1) is 17.7 Å². The van der Waals surface area contributed by atoms with Gasteiger partial charge in [0.25, 0.3) is 11.6 Å². The summed E-state index contributed by atoms with van der Waals surface area (Å²) < 4.78 is 20.4. The van der Waals surface area contributed by atoms with Crippen LogP contribution in [0.25, 0.3) is 0 Å². The van der Waals surface area contributed by atoms with Crippen molar-refractivity contribution in [1.82, 2.24) is 0 Å². The monoisotopic (exact) mass is 416 g/mol. The van der Waals surface area contributed by atoms with E-state index in [1.54, 1.807) is 0 Å². The Morgan fingerprint density at radius 3 is 2.47 bits per heavy atom. The van der Waals surface area contributed by atoms with Crippen molar-refractivity contribution in [1.29, 1.82) is 0 Å². The molecular weight excluding hydrogens is 400 g/mol. The number of nitrogens with zero attached hydrogens (tertiary/aromatic N) is 1. The van der Waals surface area contributed by atoms with E-state index in [2.05, 4.69) is 5.32 Å². The van der Waals surface area contributed by atoms with Crippen molar-refractivity contribution in [2.75, 3.05) is 25.8 Å². The Morgan fingerprint density at radius 2 is 1.83 bits per heavy atom. The third kappa shape index (κ3) is 4.29. The summed E-state index contributed by atoms with van der Waals surface area (Å²) >= 11 is 0. The largest absolute Gasteiger partial charge is 0.496 e. The maximum atomic E-state index is 12.3. The predicted molar refractivity (Wildman–Crippen MR) is 101 cm³/mol. The Labute approximate surface area is 169 Å². The molecule has 0 spiro atoms. The summed E-state index contributed by atoms with van der Waals surface area (Å²) in [6.45, 7) is 0.616. The molecule has 0 aliphatic carbocycles. The zero-order valence-corrected chi connectivity index (χ0v) is 15.9. The zero-order chi connectivity index (χ0) is 21.8. The van der Waals surface area contributed by atoms with E-state index in [-0.39, 0.29) is 40.8 Å². The fourth-order valence-electron chi connectivity index (χ4n) is 2.70. The average molecular weight is 416 g/mol. The van der Waals surface area contributed by atoms with Gasteiger partial charge in [-0.25, -0.2) is 4.79 Å². The van der Waals surface area contributed by atoms with Gasteiger partial charge in [0.2, 0.25) is 6.79 Å². The van der Waals surface area contributed by atoms with Crippen LogP contribution in [0, 0.1) is 10.1 Å². The van der Waals surface area contributed by atoms with E-state index >= 15 is 0 Å². The molecule has 1 aliphatic rings. The van der Waals surface area contributed by atoms with E-state index in [9.17, 15) is 24.5 Å². The third-order valence-electron chi connectivity index (χ3n) is 4.11. The normalized spacial score (nSPS) is 11.5. The minimum Gasteiger partial charge on any atom is -0.496 e. The molecule has 1 aliphatic heterocycles. The fraction of sp³-hybridized carbons (Fsp3) is 0.211. The van der Waals surface area contributed by atoms with Gasteiger partial charge in [0.15, 0.2) is 23.9 Å². The number of nitro benzene ring substituents is 1. The van der Waals surface area contributed by atoms with E-state index in [0.29, 0.717) is 11.5 Å². The lowest BCUT2D eigenvalue weighted by molar-refractivity contribution is -0.384. The molecule has 0 radical (unpaired) electrons. The Hall–Kier alpha value is -4.15. The number of benzene rings is 2. The highest BCUT2D eigenvalue weighted by Crippen LogP contribution is 2.37. The van der Waals surface area contributed by atoms with Crippen molar-refractivity contribution < 1.29 is 38.3 Å². The lowest BCUT2D eigenvalue weighted by Crippen LogP contribution is -2.22. The average Bonchev–Trinajstić information content (AvgIpc) is 3.18. The van der Waals surface area contributed by atoms with Crippen molar-refractivity contribution in [3.05, 3.63) is 51.6 Å². The van der Waals surface area contributed by atoms with Gasteiger partial charge in [-0.1, -0.05) is 0 Å². The highest BCUT2D eigenvalue weighted by atomic mass is 16.7. The summed E-state index contributed by atoms with van der Waals surface area (Å²) in [5, 5.41) is 13.4. The number of rotatable bonds is 7. The molecule has 11 heteroatoms. The van der Waals surface area contributed by atoms with Crippen LogP contribution in [0.5, 0.6) is 17.2 Å². The van der Waals surface area contributed by atoms with E-state index in [0.717, 1.165) is 6.07 Å². The highest BCUT2D eigenvalue weighted by molar-refractivity contribution is 6.05. The number of ketones is 1. The number of amides is 1. The summed E-state index contributed by atoms with van der Waals surface area (Å²) in [5.41, 5.74) is -0.175. The van der Waals surface area contributed by atoms with Gasteiger partial charge in [0.1, 0.15) is 11.3 Å². The molecule has 0 fully saturated rings. The van der Waals surface area contributed by atoms with Crippen molar-refractivity contribution >= 4 is 29.0 Å². The van der Waals surface area contributed by atoms with Gasteiger partial charge in [-0.2, -0.15) is 0 Å². The summed E-state index contributed by atoms with van der Waals surface area (Å²) in [6.07, 6.45) is 0. The fourth-order valence-corrected chi connectivity index (χ4v) is 2.70. The molecule has 1 N–H and O–H groups in total. The first kappa shape index (κ1) is 20.6. The maximum Gasteiger partial charge on any atom is 0.342 e. The second kappa shape index (κ2) is 8.47. The number of methoxy groups -OCH3 is 1. The molecule has 0 bridgehead atoms. The Balaban J connectivity index is 1.71. The molecule has 0 aromatic heterocycles. The molecule has 2 aromatic rings. The standard InChI is InChI=1S/C19H16N2O9/c1-10(22)12-6-16-17(30-9-29-16)7-14(12)20-18(23)8-28-19(24)13-5-11(21(25)26)3-4-15(13)27-2/h3-7H,8-9H2,1-2H3,(H,20,23). The van der Waals surface area contributed by atoms with Gasteiger partial charge >= 0.3 is 5.97 Å². The van der Waals surface area contributed by atoms with E-state index < -0.39 is 23.4 Å². The second-order valence-corrected chi connectivity index (χ2v) is 6.07. The van der Waals surface area contributed by atoms with Gasteiger partial charge in [-0.3, -0.25) is 19.7 Å². The quantitative estimate of drug-likeness (QED) is 0.311. The smallest absolute Gasteiger partial charge is 0.342 e. The van der Waals surface area contributed by atoms with Gasteiger partial charge in [-0.05, 0) is 19.1 Å². The first-order chi connectivity index (χ1) is 14.3. The van der Waals surface area contributed by atoms with E-state index in [1.807, 2.05) is 0 Å². The van der Waals surface area contributed by atoms with Gasteiger partial charge in [-0.15, -0.1) is 0 Å². The number of hydrogen-bond acceptors (Lipinski definition) is 9. The number of carbonyl (C=O) groups excluding carboxylic acids is 3. The number of ether oxygens (including phenoxy) is 4. The number of hydrogen-bond donors (Lipinski definition) is 1. The SMILES string of the molecule is COc1ccc([N+](=O)[O-])cc1C(=O)OCC(=O)Nc1cc2c(cc1C(C)=O)OCO2. The maximum absolute atomic E-state index is 12.3. The van der Waals surface area contributed by atoms with Crippen LogP contribution < -0.4 is 19.5 Å². The van der Waals surface area contributed by atoms with Crippen molar-refractivity contribution in [2.24, 2.45) is 0 Å². The molecule has 0 saturated carbocycles. The van der Waals surface area contributed by atoms with Crippen LogP contribution in [-0.4, -0.2) is 43.1 Å². The molecule has 11 nitrogen and oxygen atoms in total. The number of esters is 1. The lowest BCUT2D eigenvalue weighted by atomic mass is 10.1. The number of carbonyl (C=O) groups is 3. The number of anilines is 1. The summed E-state index contributed by atoms with van der Waals surface area (Å²) in [4.78, 5) is 46.6. The Bertz CT molecular complexity index is 1050. The van der Waals surface area contributed by atoms with Crippen molar-refractivity contribution in [2.45, 2.75) is 6.92 Å². The minimum atomic E-state index is -0.983. The van der Waals surface area contributed by atoms with E-state index in [1.165, 1.54) is 38.3 Å². The Morgan fingerprint density at radius 1 is 1.13 bits per heavy atom. The molecule has 2 aromatic carbocycles. The van der Waals surface area contributed by atoms with E-state index in [4.69, 9.17) is 18.9 Å². The van der Waals surface area contributed by atoms with Crippen LogP contribution in [0.15, 0.2) is 30.3 Å². The van der Waals surface area contributed by atoms with Crippen LogP contribution in [0.4, 0.5) is 11.4 Å². The number of nitro groups is 1. The minimum absolute atomic E-state index is 0.00721. The number of fused-ring (bicyclic) bond motifs is 1. The molecule has 3 rings (SSSR count). The predicted octanol–water partition coefficient (Wildman–Crippen LogP) is 2.33. The topological polar surface area (TPSA) is 143 Å². The van der Waals surface area contributed by atoms with Crippen LogP contribution in [0.1, 0.15) is 27.6 Å². The number of non-ortho nitro benzene ring substituents is 1. The molecule has 1 heterocycles. The summed E-state index contributed by atoms with van der Waals surface area (Å²) in [7, 11) is 1.29. The summed E-state index contributed by atoms with van der Waals surface area (Å²) in [6, 6.07) is 6.29. The third-order valence-corrected chi connectivity index (χ3v) is 4.11. The first-order valence-electron chi connectivity index (χ1n) is 8.54. The van der Waals surface area contributed by atoms with Gasteiger partial charge < -0.3 is 24.3 Å². The van der Waals surface area contributed by atoms with Crippen LogP contribution in [-0.2, 0) is 9.53 Å². The van der Waals surface area contributed by atoms with Gasteiger partial charge in [0, 0.05) is 23.8 Å². The first-order valence-corrected chi connectivity index (χ1v) is 8.54. The van der Waals surface area contributed by atoms with Crippen LogP contribution >= 0.6 is 0 Å². The number of nitrogens with one attached hydrogen (secondary N) is 1. The molecule has 0 unspecified atom stereocenters. The Kier molecular flexibility index (Phi) is 5.81. The lowest BCUT2D eigenvalue weighted by Gasteiger charge is -2.11. The van der Waals surface area contributed by atoms with Crippen LogP contribution in [0.3, 0.4) is 0 Å². The van der Waals surface area contributed by atoms with Crippen molar-refractivity contribution in [3.8, 4) is 17.2 Å². The molecular formula is C19H16N2O9. The molecule has 1 amide bonds. The second-order valence-electron chi connectivity index (χ2n) is 6.07. The molecule has 0 saturated heterocycles. The molecule has 30 heavy (non-hydrogen) atoms. The van der Waals surface area contributed by atoms with Crippen molar-refractivity contribution in [3.63, 3.8) is 0 Å². The highest BCUT2D eigenvalue weighted by Gasteiger charge is 2.22. The molecule has 0 atom stereocenters. The molecule has 156 valence electrons.